The molecule has 13 nitrogen and oxygen atoms in total. The Morgan fingerprint density at radius 2 is 0.824 bits per heavy atom. The van der Waals surface area contributed by atoms with E-state index in [9.17, 15) is 10.2 Å². The third kappa shape index (κ3) is 14.7. The number of benzene rings is 6. The first-order valence-electron chi connectivity index (χ1n) is 25.3. The molecule has 0 spiro atoms. The maximum Gasteiger partial charge on any atom is 0.147 e. The fraction of sp³-hybridized carbons (Fsp3) is 0.344. The molecule has 0 unspecified atom stereocenters. The van der Waals surface area contributed by atoms with E-state index in [0.29, 0.717) is 5.69 Å². The Morgan fingerprint density at radius 3 is 1.22 bits per heavy atom. The Bertz CT molecular complexity index is 2770. The maximum absolute atomic E-state index is 11.1. The van der Waals surface area contributed by atoms with Crippen molar-refractivity contribution in [2.75, 3.05) is 6.61 Å². The third-order valence-electron chi connectivity index (χ3n) is 12.9. The molecule has 0 aliphatic carbocycles. The first kappa shape index (κ1) is 52.5. The normalized spacial score (nSPS) is 23.9. The van der Waals surface area contributed by atoms with Gasteiger partial charge in [0.15, 0.2) is 0 Å². The lowest BCUT2D eigenvalue weighted by Gasteiger charge is -2.45. The summed E-state index contributed by atoms with van der Waals surface area (Å²) in [5, 5.41) is 31.4. The molecule has 7 aromatic rings. The minimum Gasteiger partial charge on any atom is -0.394 e. The van der Waals surface area contributed by atoms with Crippen LogP contribution in [-0.2, 0) is 84.1 Å². The van der Waals surface area contributed by atoms with E-state index in [1.165, 1.54) is 0 Å². The van der Waals surface area contributed by atoms with Gasteiger partial charge >= 0.3 is 0 Å². The highest BCUT2D eigenvalue weighted by Crippen LogP contribution is 2.38. The summed E-state index contributed by atoms with van der Waals surface area (Å²) in [7, 11) is 0. The number of aliphatic hydroxyl groups excluding tert-OH is 1. The minimum atomic E-state index is -1.33. The van der Waals surface area contributed by atoms with Crippen molar-refractivity contribution in [3.05, 3.63) is 227 Å². The van der Waals surface area contributed by atoms with Crippen molar-refractivity contribution >= 4 is 0 Å². The van der Waals surface area contributed by atoms with Gasteiger partial charge in [-0.3, -0.25) is 0 Å². The number of aliphatic hydroxyl groups is 2. The third-order valence-corrected chi connectivity index (χ3v) is 12.9. The Labute approximate surface area is 433 Å². The lowest BCUT2D eigenvalue weighted by Crippen LogP contribution is -2.60. The molecule has 384 valence electrons. The maximum atomic E-state index is 11.1. The van der Waals surface area contributed by atoms with Crippen LogP contribution in [0.25, 0.3) is 0 Å². The number of hydrogen-bond donors (Lipinski definition) is 2. The van der Waals surface area contributed by atoms with Crippen LogP contribution < -0.4 is 0 Å². The van der Waals surface area contributed by atoms with Crippen LogP contribution in [0.4, 0.5) is 0 Å². The standard InChI is InChI=1S/C61H65N3O10/c1-61(2,66)34-33-51-55(67-38-44-21-9-3-10-22-44)59(71-42-48-29-17-7-18-30-48)56(68-39-45-23-11-4-12-24-45)52(73-51)36-64-35-50(62-63-64)54-58(70-41-47-27-15-6-16-28-47)60(72-43-49-31-19-8-20-32-49)57(53(37-65)74-54)69-40-46-25-13-5-14-26-46/h3-32,35,51-60,65-66H,36-43H2,1-2H3/t51-,52-,53-,54-,55-,56-,57-,58-,59-,60+/m1/s1. The number of rotatable bonds is 22. The van der Waals surface area contributed by atoms with E-state index in [1.807, 2.05) is 188 Å². The van der Waals surface area contributed by atoms with Gasteiger partial charge in [0.2, 0.25) is 0 Å². The lowest BCUT2D eigenvalue weighted by atomic mass is 9.92. The smallest absolute Gasteiger partial charge is 0.147 e. The van der Waals surface area contributed by atoms with E-state index in [-0.39, 0.29) is 52.8 Å². The van der Waals surface area contributed by atoms with Crippen LogP contribution >= 0.6 is 0 Å². The van der Waals surface area contributed by atoms with Crippen molar-refractivity contribution in [3.63, 3.8) is 0 Å². The molecule has 0 bridgehead atoms. The zero-order chi connectivity index (χ0) is 51.0. The summed E-state index contributed by atoms with van der Waals surface area (Å²) in [5.41, 5.74) is 4.90. The Balaban J connectivity index is 1.06. The summed E-state index contributed by atoms with van der Waals surface area (Å²) < 4.78 is 56.6. The predicted octanol–water partition coefficient (Wildman–Crippen LogP) is 8.76. The van der Waals surface area contributed by atoms with Gasteiger partial charge in [-0.1, -0.05) is 199 Å². The second-order valence-corrected chi connectivity index (χ2v) is 19.1. The average molecular weight is 1000 g/mol. The highest BCUT2D eigenvalue weighted by atomic mass is 16.6. The van der Waals surface area contributed by atoms with Crippen molar-refractivity contribution in [1.82, 2.24) is 15.0 Å². The molecule has 9 rings (SSSR count). The molecule has 2 fully saturated rings. The first-order valence-corrected chi connectivity index (χ1v) is 25.3. The van der Waals surface area contributed by atoms with E-state index >= 15 is 0 Å². The van der Waals surface area contributed by atoms with Crippen LogP contribution in [0.15, 0.2) is 188 Å². The van der Waals surface area contributed by atoms with Crippen molar-refractivity contribution in [2.24, 2.45) is 0 Å². The highest BCUT2D eigenvalue weighted by Gasteiger charge is 2.51. The molecule has 6 aromatic carbocycles. The van der Waals surface area contributed by atoms with Crippen molar-refractivity contribution < 1.29 is 48.1 Å². The molecule has 0 saturated carbocycles. The van der Waals surface area contributed by atoms with Gasteiger partial charge in [0.05, 0.1) is 59.0 Å². The Kier molecular flexibility index (Phi) is 18.6. The molecule has 0 amide bonds. The summed E-state index contributed by atoms with van der Waals surface area (Å²) in [6.07, 6.45) is -5.91. The SMILES string of the molecule is CC(C)(O)C#C[C@H]1O[C@H](Cn2cc([C@H]3O[C@H](CO)[C@@H](OCc4ccccc4)[C@H](OCc4ccccc4)[C@@H]3OCc3ccccc3)nn2)[C@@H](OCc2ccccc2)[C@H](OCc2ccccc2)[C@@H]1OCc1ccccc1. The van der Waals surface area contributed by atoms with Crippen LogP contribution in [0, 0.1) is 11.8 Å². The van der Waals surface area contributed by atoms with Crippen LogP contribution in [0.2, 0.25) is 0 Å². The molecule has 2 N–H and O–H groups in total. The molecule has 0 radical (unpaired) electrons. The first-order chi connectivity index (χ1) is 36.3. The molecule has 74 heavy (non-hydrogen) atoms. The number of aromatic nitrogens is 3. The zero-order valence-corrected chi connectivity index (χ0v) is 41.8. The van der Waals surface area contributed by atoms with E-state index in [4.69, 9.17) is 48.2 Å². The van der Waals surface area contributed by atoms with Crippen molar-refractivity contribution in [2.45, 2.75) is 127 Å². The van der Waals surface area contributed by atoms with E-state index in [1.54, 1.807) is 18.5 Å². The molecule has 2 saturated heterocycles. The van der Waals surface area contributed by atoms with Crippen LogP contribution in [0.3, 0.4) is 0 Å². The zero-order valence-electron chi connectivity index (χ0n) is 41.8. The van der Waals surface area contributed by atoms with Crippen molar-refractivity contribution in [3.8, 4) is 11.8 Å². The number of ether oxygens (including phenoxy) is 8. The van der Waals surface area contributed by atoms with Gasteiger partial charge in [0.25, 0.3) is 0 Å². The molecule has 1 aromatic heterocycles. The van der Waals surface area contributed by atoms with Crippen LogP contribution in [-0.4, -0.2) is 92.4 Å². The van der Waals surface area contributed by atoms with Gasteiger partial charge < -0.3 is 48.1 Å². The van der Waals surface area contributed by atoms with Crippen molar-refractivity contribution in [1.29, 1.82) is 0 Å². The van der Waals surface area contributed by atoms with Crippen LogP contribution in [0.5, 0.6) is 0 Å². The largest absolute Gasteiger partial charge is 0.394 e. The number of hydrogen-bond acceptors (Lipinski definition) is 12. The highest BCUT2D eigenvalue weighted by molar-refractivity contribution is 5.22. The second-order valence-electron chi connectivity index (χ2n) is 19.1. The summed E-state index contributed by atoms with van der Waals surface area (Å²) >= 11 is 0. The van der Waals surface area contributed by atoms with Crippen LogP contribution in [0.1, 0.15) is 59.0 Å². The van der Waals surface area contributed by atoms with Gasteiger partial charge in [0.1, 0.15) is 72.3 Å². The van der Waals surface area contributed by atoms with E-state index in [0.717, 1.165) is 33.4 Å². The Morgan fingerprint density at radius 1 is 0.473 bits per heavy atom. The summed E-state index contributed by atoms with van der Waals surface area (Å²) in [4.78, 5) is 0. The molecule has 3 heterocycles. The topological polar surface area (TPSA) is 145 Å². The van der Waals surface area contributed by atoms with Gasteiger partial charge in [0, 0.05) is 0 Å². The second kappa shape index (κ2) is 26.2. The summed E-state index contributed by atoms with van der Waals surface area (Å²) in [6.45, 7) is 4.56. The molecule has 2 aliphatic heterocycles. The quantitative estimate of drug-likeness (QED) is 0.0627. The summed E-state index contributed by atoms with van der Waals surface area (Å²) in [5.74, 6) is 6.23. The van der Waals surface area contributed by atoms with E-state index in [2.05, 4.69) is 11.8 Å². The number of nitrogens with zero attached hydrogens (tertiary/aromatic N) is 3. The van der Waals surface area contributed by atoms with Gasteiger partial charge in [-0.2, -0.15) is 0 Å². The minimum absolute atomic E-state index is 0.145. The predicted molar refractivity (Wildman–Crippen MR) is 278 cm³/mol. The molecule has 2 aliphatic rings. The summed E-state index contributed by atoms with van der Waals surface area (Å²) in [6, 6.07) is 59.5. The molecular formula is C61H65N3O10. The molecule has 10 atom stereocenters. The average Bonchev–Trinajstić information content (AvgIpc) is 3.91. The monoisotopic (exact) mass is 999 g/mol. The molecule has 13 heteroatoms. The van der Waals surface area contributed by atoms with Gasteiger partial charge in [-0.25, -0.2) is 4.68 Å². The van der Waals surface area contributed by atoms with Gasteiger partial charge in [-0.05, 0) is 47.2 Å². The fourth-order valence-electron chi connectivity index (χ4n) is 9.19. The molecular weight excluding hydrogens is 935 g/mol. The fourth-order valence-corrected chi connectivity index (χ4v) is 9.19. The lowest BCUT2D eigenvalue weighted by molar-refractivity contribution is -0.273. The van der Waals surface area contributed by atoms with E-state index < -0.39 is 66.6 Å². The Hall–Kier alpha value is -6.38. The van der Waals surface area contributed by atoms with Gasteiger partial charge in [-0.15, -0.1) is 5.10 Å².